The van der Waals surface area contributed by atoms with Gasteiger partial charge in [-0.3, -0.25) is 0 Å². The van der Waals surface area contributed by atoms with E-state index in [0.717, 1.165) is 19.3 Å². The van der Waals surface area contributed by atoms with Crippen molar-refractivity contribution in [3.05, 3.63) is 0 Å². The second-order valence-corrected chi connectivity index (χ2v) is 3.99. The number of carbonyl (C=O) groups excluding carboxylic acids is 2. The Morgan fingerprint density at radius 1 is 0.619 bits per heavy atom. The van der Waals surface area contributed by atoms with Crippen LogP contribution in [0.2, 0.25) is 0 Å². The summed E-state index contributed by atoms with van der Waals surface area (Å²) in [5, 5.41) is 23.6. The van der Waals surface area contributed by atoms with Crippen LogP contribution < -0.4 is 0 Å². The van der Waals surface area contributed by atoms with E-state index < -0.39 is 0 Å². The van der Waals surface area contributed by atoms with Gasteiger partial charge in [0, 0.05) is 41.5 Å². The molecule has 0 aromatic heterocycles. The summed E-state index contributed by atoms with van der Waals surface area (Å²) < 4.78 is 0. The van der Waals surface area contributed by atoms with Crippen molar-refractivity contribution >= 4 is 11.6 Å². The minimum absolute atomic E-state index is 0. The van der Waals surface area contributed by atoms with Gasteiger partial charge in [-0.15, -0.1) is 0 Å². The fraction of sp³-hybridized carbons (Fsp3) is 0.867. The van der Waals surface area contributed by atoms with Crippen molar-refractivity contribution in [2.45, 2.75) is 67.7 Å². The Balaban J connectivity index is -0.0000000331. The monoisotopic (exact) mass is 344 g/mol. The summed E-state index contributed by atoms with van der Waals surface area (Å²) in [6.45, 7) is 12.9. The zero-order valence-electron chi connectivity index (χ0n) is 14.9. The SMILES string of the molecule is CC(C)=O.CC(C)=O.CCCO.CCCO.CCCO.[Ti]. The van der Waals surface area contributed by atoms with Crippen molar-refractivity contribution in [2.24, 2.45) is 0 Å². The molecule has 0 spiro atoms. The molecule has 0 atom stereocenters. The molecule has 0 rings (SSSR count). The molecule has 0 unspecified atom stereocenters. The predicted molar refractivity (Wildman–Crippen MR) is 84.8 cm³/mol. The molecule has 3 N–H and O–H groups in total. The molecular weight excluding hydrogens is 308 g/mol. The van der Waals surface area contributed by atoms with Gasteiger partial charge in [-0.05, 0) is 47.0 Å². The summed E-state index contributed by atoms with van der Waals surface area (Å²) in [6.07, 6.45) is 2.62. The van der Waals surface area contributed by atoms with Crippen LogP contribution in [0.5, 0.6) is 0 Å². The van der Waals surface area contributed by atoms with E-state index in [4.69, 9.17) is 15.3 Å². The van der Waals surface area contributed by atoms with E-state index in [2.05, 4.69) is 0 Å². The van der Waals surface area contributed by atoms with Crippen molar-refractivity contribution < 1.29 is 46.6 Å². The van der Waals surface area contributed by atoms with Gasteiger partial charge < -0.3 is 24.9 Å². The van der Waals surface area contributed by atoms with Crippen molar-refractivity contribution in [1.82, 2.24) is 0 Å². The van der Waals surface area contributed by atoms with E-state index in [9.17, 15) is 9.59 Å². The Morgan fingerprint density at radius 2 is 0.667 bits per heavy atom. The Morgan fingerprint density at radius 3 is 0.667 bits per heavy atom. The van der Waals surface area contributed by atoms with Gasteiger partial charge in [0.2, 0.25) is 0 Å². The number of hydrogen-bond donors (Lipinski definition) is 3. The summed E-state index contributed by atoms with van der Waals surface area (Å²) in [5.74, 6) is 0.333. The largest absolute Gasteiger partial charge is 0.396 e. The number of aliphatic hydroxyl groups excluding tert-OH is 3. The molecule has 130 valence electrons. The van der Waals surface area contributed by atoms with E-state index in [-0.39, 0.29) is 33.3 Å². The molecular formula is C15H36O5Ti. The van der Waals surface area contributed by atoms with Crippen LogP contribution in [0.25, 0.3) is 0 Å². The minimum Gasteiger partial charge on any atom is -0.396 e. The van der Waals surface area contributed by atoms with E-state index in [1.54, 1.807) is 0 Å². The molecule has 0 aliphatic rings. The molecule has 0 fully saturated rings. The Hall–Kier alpha value is -0.0657. The van der Waals surface area contributed by atoms with Crippen LogP contribution in [0.15, 0.2) is 0 Å². The van der Waals surface area contributed by atoms with Crippen molar-refractivity contribution in [3.63, 3.8) is 0 Å². The number of ketones is 2. The predicted octanol–water partition coefficient (Wildman–Crippen LogP) is 2.35. The number of aliphatic hydroxyl groups is 3. The second kappa shape index (κ2) is 50.2. The summed E-state index contributed by atoms with van der Waals surface area (Å²) >= 11 is 0. The maximum absolute atomic E-state index is 9.44. The van der Waals surface area contributed by atoms with Crippen LogP contribution in [-0.4, -0.2) is 46.7 Å². The standard InChI is InChI=1S/2C3H6O.3C3H8O.Ti/c2*1-3(2)4;3*1-2-3-4;/h2*1-2H3;3*4H,2-3H2,1H3;. The first kappa shape index (κ1) is 37.3. The number of Topliss-reactive ketones (excluding diaryl/α,β-unsaturated/α-hetero) is 2. The molecule has 0 aromatic rings. The molecule has 6 heteroatoms. The fourth-order valence-corrected chi connectivity index (χ4v) is 0. The summed E-state index contributed by atoms with van der Waals surface area (Å²) in [6, 6.07) is 0. The fourth-order valence-electron chi connectivity index (χ4n) is 0. The molecule has 0 aromatic carbocycles. The summed E-state index contributed by atoms with van der Waals surface area (Å²) in [7, 11) is 0. The van der Waals surface area contributed by atoms with Gasteiger partial charge in [-0.2, -0.15) is 0 Å². The third-order valence-corrected chi connectivity index (χ3v) is 0.671. The zero-order chi connectivity index (χ0) is 17.4. The van der Waals surface area contributed by atoms with Gasteiger partial charge in [0.05, 0.1) is 0 Å². The van der Waals surface area contributed by atoms with Crippen molar-refractivity contribution in [1.29, 1.82) is 0 Å². The first-order valence-electron chi connectivity index (χ1n) is 6.98. The van der Waals surface area contributed by atoms with Crippen molar-refractivity contribution in [3.8, 4) is 0 Å². The quantitative estimate of drug-likeness (QED) is 0.683. The van der Waals surface area contributed by atoms with Crippen LogP contribution in [0.1, 0.15) is 67.7 Å². The molecule has 0 saturated heterocycles. The average molecular weight is 344 g/mol. The summed E-state index contributed by atoms with van der Waals surface area (Å²) in [5.41, 5.74) is 0. The van der Waals surface area contributed by atoms with Gasteiger partial charge in [0.1, 0.15) is 11.6 Å². The van der Waals surface area contributed by atoms with Gasteiger partial charge in [0.25, 0.3) is 0 Å². The Labute approximate surface area is 146 Å². The number of hydrogen-bond acceptors (Lipinski definition) is 5. The van der Waals surface area contributed by atoms with Gasteiger partial charge in [0.15, 0.2) is 0 Å². The first-order valence-corrected chi connectivity index (χ1v) is 6.98. The van der Waals surface area contributed by atoms with Crippen LogP contribution in [-0.2, 0) is 31.3 Å². The maximum atomic E-state index is 9.44. The molecule has 0 radical (unpaired) electrons. The molecule has 0 bridgehead atoms. The van der Waals surface area contributed by atoms with Gasteiger partial charge in [-0.1, -0.05) is 20.8 Å². The molecule has 0 saturated carbocycles. The third-order valence-electron chi connectivity index (χ3n) is 0.671. The molecule has 0 aliphatic carbocycles. The zero-order valence-corrected chi connectivity index (χ0v) is 16.5. The molecule has 0 aliphatic heterocycles. The Bertz CT molecular complexity index is 129. The smallest absolute Gasteiger partial charge is 0.126 e. The third kappa shape index (κ3) is 745. The molecule has 0 heterocycles. The number of carbonyl (C=O) groups is 2. The van der Waals surface area contributed by atoms with E-state index in [1.165, 1.54) is 27.7 Å². The molecule has 5 nitrogen and oxygen atoms in total. The average Bonchev–Trinajstić information content (AvgIpc) is 2.37. The van der Waals surface area contributed by atoms with Crippen molar-refractivity contribution in [2.75, 3.05) is 19.8 Å². The second-order valence-electron chi connectivity index (χ2n) is 3.99. The maximum Gasteiger partial charge on any atom is 0.126 e. The van der Waals surface area contributed by atoms with Crippen LogP contribution in [0, 0.1) is 0 Å². The summed E-state index contributed by atoms with van der Waals surface area (Å²) in [4.78, 5) is 18.9. The molecule has 21 heavy (non-hydrogen) atoms. The Kier molecular flexibility index (Phi) is 89.1. The van der Waals surface area contributed by atoms with E-state index in [0.29, 0.717) is 19.8 Å². The van der Waals surface area contributed by atoms with E-state index >= 15 is 0 Å². The normalized spacial score (nSPS) is 6.76. The van der Waals surface area contributed by atoms with Crippen LogP contribution >= 0.6 is 0 Å². The first-order chi connectivity index (χ1) is 9.21. The minimum atomic E-state index is 0. The topological polar surface area (TPSA) is 94.8 Å². The van der Waals surface area contributed by atoms with Crippen LogP contribution in [0.3, 0.4) is 0 Å². The van der Waals surface area contributed by atoms with Crippen LogP contribution in [0.4, 0.5) is 0 Å². The number of rotatable bonds is 3. The van der Waals surface area contributed by atoms with Gasteiger partial charge in [-0.25, -0.2) is 0 Å². The van der Waals surface area contributed by atoms with E-state index in [1.807, 2.05) is 20.8 Å². The molecule has 0 amide bonds. The van der Waals surface area contributed by atoms with Gasteiger partial charge >= 0.3 is 0 Å².